The third-order valence-corrected chi connectivity index (χ3v) is 4.68. The van der Waals surface area contributed by atoms with Crippen LogP contribution in [0.15, 0.2) is 29.2 Å². The summed E-state index contributed by atoms with van der Waals surface area (Å²) < 4.78 is 0. The van der Waals surface area contributed by atoms with Crippen molar-refractivity contribution in [2.24, 2.45) is 0 Å². The molecular weight excluding hydrogens is 262 g/mol. The number of anilines is 1. The molecule has 0 bridgehead atoms. The number of carbonyl (C=O) groups is 2. The minimum absolute atomic E-state index is 0.0968. The molecular formula is C14H17NO3S. The van der Waals surface area contributed by atoms with Crippen LogP contribution in [0.3, 0.4) is 0 Å². The van der Waals surface area contributed by atoms with Crippen LogP contribution in [0.2, 0.25) is 0 Å². The second-order valence-corrected chi connectivity index (χ2v) is 5.70. The van der Waals surface area contributed by atoms with Crippen LogP contribution >= 0.6 is 11.8 Å². The molecule has 0 aromatic heterocycles. The number of carboxylic acids is 1. The quantitative estimate of drug-likeness (QED) is 0.920. The molecule has 2 atom stereocenters. The average Bonchev–Trinajstić information content (AvgIpc) is 2.41. The highest BCUT2D eigenvalue weighted by atomic mass is 32.2. The van der Waals surface area contributed by atoms with Crippen molar-refractivity contribution in [1.82, 2.24) is 0 Å². The monoisotopic (exact) mass is 279 g/mol. The lowest BCUT2D eigenvalue weighted by molar-refractivity contribution is -0.140. The van der Waals surface area contributed by atoms with E-state index in [1.807, 2.05) is 31.2 Å². The van der Waals surface area contributed by atoms with Crippen LogP contribution in [0, 0.1) is 0 Å². The first-order chi connectivity index (χ1) is 9.10. The van der Waals surface area contributed by atoms with Crippen molar-refractivity contribution in [1.29, 1.82) is 0 Å². The Balaban J connectivity index is 2.50. The average molecular weight is 279 g/mol. The molecule has 0 spiro atoms. The van der Waals surface area contributed by atoms with Crippen LogP contribution in [-0.2, 0) is 9.59 Å². The van der Waals surface area contributed by atoms with Gasteiger partial charge in [-0.05, 0) is 25.0 Å². The molecule has 19 heavy (non-hydrogen) atoms. The third-order valence-electron chi connectivity index (χ3n) is 3.26. The van der Waals surface area contributed by atoms with E-state index >= 15 is 0 Å². The second-order valence-electron chi connectivity index (χ2n) is 4.45. The number of hydrogen-bond donors (Lipinski definition) is 1. The highest BCUT2D eigenvalue weighted by Crippen LogP contribution is 2.41. The standard InChI is InChI=1S/C14H17NO3S/c1-3-9(14(17)18)15-10-7-5-6-8-12(10)19-11(4-2)13(15)16/h5-9,11H,3-4H2,1-2H3,(H,17,18). The Hall–Kier alpha value is -1.49. The van der Waals surface area contributed by atoms with Gasteiger partial charge in [0.2, 0.25) is 5.91 Å². The van der Waals surface area contributed by atoms with Crippen molar-refractivity contribution >= 4 is 29.3 Å². The van der Waals surface area contributed by atoms with Gasteiger partial charge in [-0.2, -0.15) is 0 Å². The molecule has 1 amide bonds. The van der Waals surface area contributed by atoms with Crippen LogP contribution in [0.4, 0.5) is 5.69 Å². The molecule has 2 rings (SSSR count). The first-order valence-corrected chi connectivity index (χ1v) is 7.29. The maximum absolute atomic E-state index is 12.5. The molecule has 1 N–H and O–H groups in total. The van der Waals surface area contributed by atoms with E-state index in [2.05, 4.69) is 0 Å². The summed E-state index contributed by atoms with van der Waals surface area (Å²) in [5, 5.41) is 9.14. The van der Waals surface area contributed by atoms with Crippen molar-refractivity contribution < 1.29 is 14.7 Å². The summed E-state index contributed by atoms with van der Waals surface area (Å²) in [6.45, 7) is 3.74. The number of nitrogens with zero attached hydrogens (tertiary/aromatic N) is 1. The summed E-state index contributed by atoms with van der Waals surface area (Å²) >= 11 is 1.52. The molecule has 0 fully saturated rings. The van der Waals surface area contributed by atoms with Crippen molar-refractivity contribution in [3.63, 3.8) is 0 Å². The summed E-state index contributed by atoms with van der Waals surface area (Å²) in [6, 6.07) is 6.71. The lowest BCUT2D eigenvalue weighted by atomic mass is 10.1. The molecule has 0 aliphatic carbocycles. The number of thioether (sulfide) groups is 1. The molecule has 102 valence electrons. The summed E-state index contributed by atoms with van der Waals surface area (Å²) in [5.41, 5.74) is 0.719. The first kappa shape index (κ1) is 13.9. The van der Waals surface area contributed by atoms with Gasteiger partial charge in [0.05, 0.1) is 10.9 Å². The van der Waals surface area contributed by atoms with Gasteiger partial charge in [-0.25, -0.2) is 4.79 Å². The number of fused-ring (bicyclic) bond motifs is 1. The highest BCUT2D eigenvalue weighted by Gasteiger charge is 2.38. The van der Waals surface area contributed by atoms with E-state index in [-0.39, 0.29) is 11.2 Å². The predicted molar refractivity (Wildman–Crippen MR) is 75.6 cm³/mol. The van der Waals surface area contributed by atoms with Crippen molar-refractivity contribution in [3.8, 4) is 0 Å². The number of aliphatic carboxylic acids is 1. The number of benzene rings is 1. The molecule has 1 heterocycles. The summed E-state index contributed by atoms with van der Waals surface area (Å²) in [4.78, 5) is 26.3. The largest absolute Gasteiger partial charge is 0.480 e. The topological polar surface area (TPSA) is 57.6 Å². The van der Waals surface area contributed by atoms with Gasteiger partial charge in [-0.1, -0.05) is 26.0 Å². The lowest BCUT2D eigenvalue weighted by Crippen LogP contribution is -2.50. The molecule has 1 aliphatic heterocycles. The van der Waals surface area contributed by atoms with Crippen LogP contribution in [0.1, 0.15) is 26.7 Å². The highest BCUT2D eigenvalue weighted by molar-refractivity contribution is 8.01. The van der Waals surface area contributed by atoms with Crippen LogP contribution < -0.4 is 4.90 Å². The summed E-state index contributed by atoms with van der Waals surface area (Å²) in [7, 11) is 0. The molecule has 5 heteroatoms. The maximum Gasteiger partial charge on any atom is 0.326 e. The molecule has 1 aromatic rings. The van der Waals surface area contributed by atoms with Gasteiger partial charge in [0.1, 0.15) is 6.04 Å². The normalized spacial score (nSPS) is 20.0. The van der Waals surface area contributed by atoms with Gasteiger partial charge in [-0.3, -0.25) is 9.69 Å². The predicted octanol–water partition coefficient (Wildman–Crippen LogP) is 2.77. The molecule has 0 saturated carbocycles. The molecule has 0 radical (unpaired) electrons. The summed E-state index contributed by atoms with van der Waals surface area (Å²) in [5.74, 6) is -1.05. The van der Waals surface area contributed by atoms with E-state index in [9.17, 15) is 14.7 Å². The molecule has 4 nitrogen and oxygen atoms in total. The number of carbonyl (C=O) groups excluding carboxylic acids is 1. The fourth-order valence-electron chi connectivity index (χ4n) is 2.28. The third kappa shape index (κ3) is 2.47. The Kier molecular flexibility index (Phi) is 4.14. The number of rotatable bonds is 4. The second kappa shape index (κ2) is 5.65. The van der Waals surface area contributed by atoms with Gasteiger partial charge in [0.25, 0.3) is 0 Å². The van der Waals surface area contributed by atoms with Crippen molar-refractivity contribution in [2.45, 2.75) is 42.9 Å². The van der Waals surface area contributed by atoms with Gasteiger partial charge in [-0.15, -0.1) is 11.8 Å². The smallest absolute Gasteiger partial charge is 0.326 e. The van der Waals surface area contributed by atoms with E-state index in [0.717, 1.165) is 10.6 Å². The van der Waals surface area contributed by atoms with E-state index < -0.39 is 12.0 Å². The first-order valence-electron chi connectivity index (χ1n) is 6.41. The van der Waals surface area contributed by atoms with E-state index in [1.54, 1.807) is 6.92 Å². The molecule has 1 aliphatic rings. The van der Waals surface area contributed by atoms with Crippen LogP contribution in [0.5, 0.6) is 0 Å². The fraction of sp³-hybridized carbons (Fsp3) is 0.429. The zero-order valence-corrected chi connectivity index (χ0v) is 11.8. The van der Waals surface area contributed by atoms with Gasteiger partial charge in [0.15, 0.2) is 0 Å². The SMILES string of the molecule is CCC1Sc2ccccc2N(C(CC)C(=O)O)C1=O. The van der Waals surface area contributed by atoms with Gasteiger partial charge in [0, 0.05) is 4.90 Å². The Morgan fingerprint density at radius 1 is 1.42 bits per heavy atom. The lowest BCUT2D eigenvalue weighted by Gasteiger charge is -2.36. The minimum Gasteiger partial charge on any atom is -0.480 e. The zero-order valence-electron chi connectivity index (χ0n) is 11.0. The number of hydrogen-bond acceptors (Lipinski definition) is 3. The Labute approximate surface area is 116 Å². The van der Waals surface area contributed by atoms with E-state index in [1.165, 1.54) is 16.7 Å². The van der Waals surface area contributed by atoms with Crippen molar-refractivity contribution in [3.05, 3.63) is 24.3 Å². The van der Waals surface area contributed by atoms with Crippen molar-refractivity contribution in [2.75, 3.05) is 4.90 Å². The Bertz CT molecular complexity index is 503. The molecule has 0 saturated heterocycles. The number of para-hydroxylation sites is 1. The minimum atomic E-state index is -0.951. The van der Waals surface area contributed by atoms with Crippen LogP contribution in [-0.4, -0.2) is 28.3 Å². The van der Waals surface area contributed by atoms with Crippen LogP contribution in [0.25, 0.3) is 0 Å². The molecule has 1 aromatic carbocycles. The fourth-order valence-corrected chi connectivity index (χ4v) is 3.41. The zero-order chi connectivity index (χ0) is 14.0. The Morgan fingerprint density at radius 2 is 2.11 bits per heavy atom. The van der Waals surface area contributed by atoms with Gasteiger partial charge >= 0.3 is 5.97 Å². The van der Waals surface area contributed by atoms with E-state index in [0.29, 0.717) is 12.8 Å². The van der Waals surface area contributed by atoms with Gasteiger partial charge < -0.3 is 5.11 Å². The number of carboxylic acid groups (broad SMARTS) is 1. The molecule has 2 unspecified atom stereocenters. The summed E-state index contributed by atoms with van der Waals surface area (Å²) in [6.07, 6.45) is 1.10. The number of amides is 1. The van der Waals surface area contributed by atoms with E-state index in [4.69, 9.17) is 0 Å². The Morgan fingerprint density at radius 3 is 2.68 bits per heavy atom. The maximum atomic E-state index is 12.5.